The molecule has 0 saturated heterocycles. The van der Waals surface area contributed by atoms with Crippen LogP contribution in [0.25, 0.3) is 49.7 Å². The molecule has 2 nitrogen and oxygen atoms in total. The highest BCUT2D eigenvalue weighted by Gasteiger charge is 2.43. The van der Waals surface area contributed by atoms with Gasteiger partial charge in [-0.25, -0.2) is 0 Å². The van der Waals surface area contributed by atoms with Crippen LogP contribution in [0.2, 0.25) is 0 Å². The summed E-state index contributed by atoms with van der Waals surface area (Å²) < 4.78 is 2.48. The average Bonchev–Trinajstić information content (AvgIpc) is 3.36. The average molecular weight is 494 g/mol. The van der Waals surface area contributed by atoms with Gasteiger partial charge < -0.3 is 9.38 Å². The van der Waals surface area contributed by atoms with E-state index in [9.17, 15) is 0 Å². The van der Waals surface area contributed by atoms with Gasteiger partial charge in [0, 0.05) is 39.0 Å². The summed E-state index contributed by atoms with van der Waals surface area (Å²) in [5, 5.41) is 2.58. The van der Waals surface area contributed by atoms with E-state index in [1.807, 2.05) is 0 Å². The molecule has 0 bridgehead atoms. The van der Waals surface area contributed by atoms with Gasteiger partial charge in [0.15, 0.2) is 0 Å². The Kier molecular flexibility index (Phi) is 4.17. The van der Waals surface area contributed by atoms with E-state index >= 15 is 0 Å². The second kappa shape index (κ2) is 7.75. The maximum atomic E-state index is 2.59. The lowest BCUT2D eigenvalue weighted by molar-refractivity contribution is 1.18. The van der Waals surface area contributed by atoms with Crippen molar-refractivity contribution in [3.8, 4) is 27.9 Å². The molecule has 0 aliphatic carbocycles. The monoisotopic (exact) mass is 494 g/mol. The number of rotatable bonds is 1. The number of nitrogens with zero attached hydrogens (tertiary/aromatic N) is 2. The second-order valence-electron chi connectivity index (χ2n) is 10.5. The number of aromatic nitrogens is 1. The van der Waals surface area contributed by atoms with Gasteiger partial charge in [0.25, 0.3) is 0 Å². The topological polar surface area (TPSA) is 8.17 Å². The SMILES string of the molecule is c1ccc(-n2c3ccccc3c3ccc4c(c32)B2c3ccccc3-c3ccccc3N2c2ccccc2-4)cc1. The minimum atomic E-state index is 0.0523. The lowest BCUT2D eigenvalue weighted by Crippen LogP contribution is -2.60. The highest BCUT2D eigenvalue weighted by Crippen LogP contribution is 2.47. The molecule has 6 aromatic carbocycles. The number of fused-ring (bicyclic) bond motifs is 15. The minimum absolute atomic E-state index is 0.0523. The summed E-state index contributed by atoms with van der Waals surface area (Å²) in [6, 6.07) is 51.1. The van der Waals surface area contributed by atoms with Crippen LogP contribution in [0.1, 0.15) is 0 Å². The molecular formula is C36H23BN2. The quantitative estimate of drug-likeness (QED) is 0.213. The van der Waals surface area contributed by atoms with Crippen molar-refractivity contribution in [2.75, 3.05) is 4.81 Å². The van der Waals surface area contributed by atoms with E-state index in [0.717, 1.165) is 0 Å². The number of hydrogen-bond donors (Lipinski definition) is 0. The maximum Gasteiger partial charge on any atom is 0.331 e. The van der Waals surface area contributed by atoms with Gasteiger partial charge in [0.2, 0.25) is 0 Å². The smallest absolute Gasteiger partial charge is 0.331 e. The van der Waals surface area contributed by atoms with Crippen LogP contribution in [0.15, 0.2) is 140 Å². The third-order valence-corrected chi connectivity index (χ3v) is 8.58. The third kappa shape index (κ3) is 2.72. The fourth-order valence-corrected chi connectivity index (χ4v) is 7.08. The van der Waals surface area contributed by atoms with E-state index in [1.54, 1.807) is 0 Å². The number of para-hydroxylation sites is 4. The molecule has 2 aliphatic heterocycles. The molecule has 0 saturated carbocycles. The van der Waals surface area contributed by atoms with Crippen molar-refractivity contribution in [2.45, 2.75) is 0 Å². The standard InChI is InChI=1S/C36H23BN2/c1-2-12-24(13-3-1)38-32-19-9-5-17-28(32)30-23-22-29-27-16-7-11-21-34(27)39-33-20-10-6-15-26(33)25-14-4-8-18-31(25)37(39)35(29)36(30)38/h1-23H. The molecular weight excluding hydrogens is 471 g/mol. The molecule has 0 unspecified atom stereocenters. The van der Waals surface area contributed by atoms with Crippen LogP contribution in [0.4, 0.5) is 11.4 Å². The predicted molar refractivity (Wildman–Crippen MR) is 165 cm³/mol. The minimum Gasteiger partial charge on any atom is -0.376 e. The zero-order valence-electron chi connectivity index (χ0n) is 21.3. The van der Waals surface area contributed by atoms with Crippen molar-refractivity contribution in [1.29, 1.82) is 0 Å². The summed E-state index contributed by atoms with van der Waals surface area (Å²) in [5.74, 6) is 0. The normalized spacial score (nSPS) is 13.0. The van der Waals surface area contributed by atoms with Gasteiger partial charge in [0.1, 0.15) is 0 Å². The summed E-state index contributed by atoms with van der Waals surface area (Å²) in [6.45, 7) is 0.0523. The Labute approximate surface area is 227 Å². The fraction of sp³-hybridized carbons (Fsp3) is 0. The summed E-state index contributed by atoms with van der Waals surface area (Å²) >= 11 is 0. The van der Waals surface area contributed by atoms with Gasteiger partial charge in [-0.3, -0.25) is 0 Å². The van der Waals surface area contributed by atoms with Crippen LogP contribution in [-0.4, -0.2) is 11.4 Å². The molecule has 39 heavy (non-hydrogen) atoms. The third-order valence-electron chi connectivity index (χ3n) is 8.58. The largest absolute Gasteiger partial charge is 0.376 e. The van der Waals surface area contributed by atoms with Crippen molar-refractivity contribution >= 4 is 51.0 Å². The van der Waals surface area contributed by atoms with Crippen LogP contribution in [0, 0.1) is 0 Å². The molecule has 7 aromatic rings. The van der Waals surface area contributed by atoms with Crippen LogP contribution in [-0.2, 0) is 0 Å². The van der Waals surface area contributed by atoms with Gasteiger partial charge in [-0.1, -0.05) is 109 Å². The predicted octanol–water partition coefficient (Wildman–Crippen LogP) is 7.69. The summed E-state index contributed by atoms with van der Waals surface area (Å²) in [7, 11) is 0. The number of anilines is 2. The Hall–Kier alpha value is -5.02. The van der Waals surface area contributed by atoms with Gasteiger partial charge in [0.05, 0.1) is 11.0 Å². The molecule has 3 heterocycles. The van der Waals surface area contributed by atoms with Crippen LogP contribution in [0.5, 0.6) is 0 Å². The van der Waals surface area contributed by atoms with Crippen molar-refractivity contribution in [3.63, 3.8) is 0 Å². The molecule has 1 aromatic heterocycles. The van der Waals surface area contributed by atoms with Crippen molar-refractivity contribution in [3.05, 3.63) is 140 Å². The summed E-state index contributed by atoms with van der Waals surface area (Å²) in [4.78, 5) is 2.59. The van der Waals surface area contributed by atoms with E-state index in [-0.39, 0.29) is 6.85 Å². The Morgan fingerprint density at radius 1 is 0.436 bits per heavy atom. The Morgan fingerprint density at radius 2 is 1.05 bits per heavy atom. The van der Waals surface area contributed by atoms with Crippen LogP contribution < -0.4 is 15.7 Å². The second-order valence-corrected chi connectivity index (χ2v) is 10.5. The first-order valence-electron chi connectivity index (χ1n) is 13.6. The Bertz CT molecular complexity index is 2090. The Morgan fingerprint density at radius 3 is 1.85 bits per heavy atom. The van der Waals surface area contributed by atoms with Gasteiger partial charge in [-0.05, 0) is 52.4 Å². The van der Waals surface area contributed by atoms with Gasteiger partial charge >= 0.3 is 6.85 Å². The first kappa shape index (κ1) is 21.0. The molecule has 0 radical (unpaired) electrons. The fourth-order valence-electron chi connectivity index (χ4n) is 7.08. The highest BCUT2D eigenvalue weighted by molar-refractivity contribution is 6.94. The molecule has 0 spiro atoms. The van der Waals surface area contributed by atoms with E-state index in [4.69, 9.17) is 0 Å². The molecule has 0 amide bonds. The molecule has 0 atom stereocenters. The molecule has 3 heteroatoms. The molecule has 0 fully saturated rings. The molecule has 180 valence electrons. The van der Waals surface area contributed by atoms with Crippen molar-refractivity contribution in [2.24, 2.45) is 0 Å². The lowest BCUT2D eigenvalue weighted by Gasteiger charge is -2.43. The summed E-state index contributed by atoms with van der Waals surface area (Å²) in [5.41, 5.74) is 14.2. The van der Waals surface area contributed by atoms with Crippen molar-refractivity contribution < 1.29 is 0 Å². The zero-order chi connectivity index (χ0) is 25.5. The van der Waals surface area contributed by atoms with E-state index in [2.05, 4.69) is 149 Å². The van der Waals surface area contributed by atoms with E-state index in [1.165, 1.54) is 72.0 Å². The van der Waals surface area contributed by atoms with Crippen molar-refractivity contribution in [1.82, 2.24) is 4.57 Å². The van der Waals surface area contributed by atoms with E-state index in [0.29, 0.717) is 0 Å². The molecule has 0 N–H and O–H groups in total. The maximum absolute atomic E-state index is 2.59. The molecule has 2 aliphatic rings. The summed E-state index contributed by atoms with van der Waals surface area (Å²) in [6.07, 6.45) is 0. The Balaban J connectivity index is 1.51. The van der Waals surface area contributed by atoms with Gasteiger partial charge in [-0.15, -0.1) is 0 Å². The first-order chi connectivity index (χ1) is 19.4. The number of hydrogen-bond acceptors (Lipinski definition) is 1. The van der Waals surface area contributed by atoms with Crippen LogP contribution in [0.3, 0.4) is 0 Å². The zero-order valence-corrected chi connectivity index (χ0v) is 21.3. The number of benzene rings is 6. The van der Waals surface area contributed by atoms with E-state index < -0.39 is 0 Å². The van der Waals surface area contributed by atoms with Crippen LogP contribution >= 0.6 is 0 Å². The highest BCUT2D eigenvalue weighted by atomic mass is 15.1. The molecule has 9 rings (SSSR count). The lowest BCUT2D eigenvalue weighted by atomic mass is 9.43. The van der Waals surface area contributed by atoms with Gasteiger partial charge in [-0.2, -0.15) is 0 Å². The first-order valence-corrected chi connectivity index (χ1v) is 13.6.